The van der Waals surface area contributed by atoms with Gasteiger partial charge >= 0.3 is 10.1 Å². The maximum absolute atomic E-state index is 12.9. The average molecular weight is 664 g/mol. The van der Waals surface area contributed by atoms with Gasteiger partial charge in [-0.25, -0.2) is 0 Å². The van der Waals surface area contributed by atoms with Crippen LogP contribution in [0.25, 0.3) is 6.08 Å². The number of hydrogen-bond acceptors (Lipinski definition) is 8. The monoisotopic (exact) mass is 664 g/mol. The molecule has 3 aromatic carbocycles. The van der Waals surface area contributed by atoms with E-state index in [2.05, 4.69) is 27.9 Å². The number of halogens is 1. The lowest BCUT2D eigenvalue weighted by Gasteiger charge is -2.13. The van der Waals surface area contributed by atoms with Crippen molar-refractivity contribution in [2.75, 3.05) is 12.4 Å². The van der Waals surface area contributed by atoms with Gasteiger partial charge < -0.3 is 14.2 Å². The number of imide groups is 1. The summed E-state index contributed by atoms with van der Waals surface area (Å²) in [5.74, 6) is -0.660. The largest absolute Gasteiger partial charge is 0.493 e. The highest BCUT2D eigenvalue weighted by molar-refractivity contribution is 14.1. The van der Waals surface area contributed by atoms with E-state index in [0.717, 1.165) is 25.8 Å². The zero-order valence-corrected chi connectivity index (χ0v) is 23.9. The van der Waals surface area contributed by atoms with Crippen LogP contribution in [0.1, 0.15) is 18.1 Å². The molecule has 4 rings (SSSR count). The summed E-state index contributed by atoms with van der Waals surface area (Å²) in [6.45, 7) is 1.49. The van der Waals surface area contributed by atoms with Crippen molar-refractivity contribution < 1.29 is 31.7 Å². The van der Waals surface area contributed by atoms with Crippen LogP contribution in [0.5, 0.6) is 11.5 Å². The van der Waals surface area contributed by atoms with Gasteiger partial charge in [-0.05, 0) is 100 Å². The predicted molar refractivity (Wildman–Crippen MR) is 152 cm³/mol. The molecule has 1 aliphatic rings. The van der Waals surface area contributed by atoms with Crippen molar-refractivity contribution in [2.24, 2.45) is 0 Å². The van der Waals surface area contributed by atoms with E-state index in [4.69, 9.17) is 8.92 Å². The van der Waals surface area contributed by atoms with Crippen LogP contribution in [0.2, 0.25) is 0 Å². The summed E-state index contributed by atoms with van der Waals surface area (Å²) in [7, 11) is -2.88. The molecule has 0 aliphatic carbocycles. The van der Waals surface area contributed by atoms with Gasteiger partial charge in [0.2, 0.25) is 5.91 Å². The second-order valence-corrected chi connectivity index (χ2v) is 11.8. The van der Waals surface area contributed by atoms with Crippen LogP contribution in [-0.4, -0.2) is 37.5 Å². The summed E-state index contributed by atoms with van der Waals surface area (Å²) < 4.78 is 37.5. The van der Waals surface area contributed by atoms with Gasteiger partial charge in [-0.15, -0.1) is 0 Å². The molecule has 1 heterocycles. The van der Waals surface area contributed by atoms with Crippen molar-refractivity contribution in [1.29, 1.82) is 0 Å². The lowest BCUT2D eigenvalue weighted by Crippen LogP contribution is -2.27. The van der Waals surface area contributed by atoms with Crippen LogP contribution in [-0.2, 0) is 26.3 Å². The molecule has 0 radical (unpaired) electrons. The molecule has 0 bridgehead atoms. The standard InChI is InChI=1S/C26H21IN2O7S2/c1-16(30)28-20-8-10-21(11-9-20)38(33,34)36-23-13-18(5-12-22(23)35-2)14-24-25(31)29(26(32)37-24)15-17-3-6-19(27)7-4-17/h3-14H,15H2,1-2H3,(H,28,30)/b24-14-. The molecule has 12 heteroatoms. The Bertz CT molecular complexity index is 1540. The number of ether oxygens (including phenoxy) is 1. The number of rotatable bonds is 8. The number of anilines is 1. The zero-order valence-electron chi connectivity index (χ0n) is 20.1. The third-order valence-corrected chi connectivity index (χ3v) is 8.15. The number of carbonyl (C=O) groups is 3. The quantitative estimate of drug-likeness (QED) is 0.197. The van der Waals surface area contributed by atoms with Gasteiger partial charge in [0.25, 0.3) is 11.1 Å². The van der Waals surface area contributed by atoms with E-state index in [1.54, 1.807) is 6.07 Å². The first kappa shape index (κ1) is 27.7. The fourth-order valence-electron chi connectivity index (χ4n) is 3.48. The molecule has 0 spiro atoms. The Kier molecular flexibility index (Phi) is 8.43. The summed E-state index contributed by atoms with van der Waals surface area (Å²) in [6, 6.07) is 17.5. The van der Waals surface area contributed by atoms with E-state index in [1.807, 2.05) is 24.3 Å². The van der Waals surface area contributed by atoms with Crippen LogP contribution in [0.4, 0.5) is 10.5 Å². The molecular formula is C26H21IN2O7S2. The first-order chi connectivity index (χ1) is 18.1. The normalized spacial score (nSPS) is 14.6. The van der Waals surface area contributed by atoms with E-state index >= 15 is 0 Å². The summed E-state index contributed by atoms with van der Waals surface area (Å²) in [5, 5.41) is 2.17. The summed E-state index contributed by atoms with van der Waals surface area (Å²) in [5.41, 5.74) is 1.70. The van der Waals surface area contributed by atoms with Crippen molar-refractivity contribution in [2.45, 2.75) is 18.4 Å². The smallest absolute Gasteiger partial charge is 0.339 e. The van der Waals surface area contributed by atoms with Crippen molar-refractivity contribution in [3.8, 4) is 11.5 Å². The Morgan fingerprint density at radius 1 is 1.03 bits per heavy atom. The second-order valence-electron chi connectivity index (χ2n) is 8.05. The Hall–Kier alpha value is -3.36. The fourth-order valence-corrected chi connectivity index (χ4v) is 5.61. The van der Waals surface area contributed by atoms with Gasteiger partial charge in [0.15, 0.2) is 11.5 Å². The molecule has 0 aromatic heterocycles. The second kappa shape index (κ2) is 11.6. The molecule has 196 valence electrons. The lowest BCUT2D eigenvalue weighted by atomic mass is 10.1. The minimum Gasteiger partial charge on any atom is -0.493 e. The lowest BCUT2D eigenvalue weighted by molar-refractivity contribution is -0.123. The van der Waals surface area contributed by atoms with E-state index in [9.17, 15) is 22.8 Å². The SMILES string of the molecule is COc1ccc(/C=C2\SC(=O)N(Cc3ccc(I)cc3)C2=O)cc1OS(=O)(=O)c1ccc(NC(C)=O)cc1. The van der Waals surface area contributed by atoms with Crippen LogP contribution >= 0.6 is 34.4 Å². The van der Waals surface area contributed by atoms with Gasteiger partial charge in [0, 0.05) is 16.2 Å². The number of methoxy groups -OCH3 is 1. The first-order valence-electron chi connectivity index (χ1n) is 11.1. The average Bonchev–Trinajstić information content (AvgIpc) is 3.12. The fraction of sp³-hybridized carbons (Fsp3) is 0.115. The summed E-state index contributed by atoms with van der Waals surface area (Å²) in [4.78, 5) is 37.9. The molecule has 3 amide bonds. The number of thioether (sulfide) groups is 1. The number of nitrogens with zero attached hydrogens (tertiary/aromatic N) is 1. The topological polar surface area (TPSA) is 119 Å². The van der Waals surface area contributed by atoms with Gasteiger partial charge in [-0.1, -0.05) is 18.2 Å². The van der Waals surface area contributed by atoms with Crippen LogP contribution < -0.4 is 14.2 Å². The number of nitrogens with one attached hydrogen (secondary N) is 1. The number of hydrogen-bond donors (Lipinski definition) is 1. The molecule has 0 saturated carbocycles. The number of carbonyl (C=O) groups excluding carboxylic acids is 3. The predicted octanol–water partition coefficient (Wildman–Crippen LogP) is 5.26. The van der Waals surface area contributed by atoms with E-state index in [-0.39, 0.29) is 33.8 Å². The molecule has 1 N–H and O–H groups in total. The zero-order chi connectivity index (χ0) is 27.4. The van der Waals surface area contributed by atoms with Gasteiger partial charge in [0.05, 0.1) is 18.6 Å². The van der Waals surface area contributed by atoms with Crippen molar-refractivity contribution in [3.63, 3.8) is 0 Å². The molecular weight excluding hydrogens is 643 g/mol. The van der Waals surface area contributed by atoms with Gasteiger partial charge in [0.1, 0.15) is 4.90 Å². The molecule has 9 nitrogen and oxygen atoms in total. The summed E-state index contributed by atoms with van der Waals surface area (Å²) in [6.07, 6.45) is 1.50. The minimum atomic E-state index is -4.25. The molecule has 1 fully saturated rings. The minimum absolute atomic E-state index is 0.0923. The van der Waals surface area contributed by atoms with Crippen molar-refractivity contribution in [3.05, 3.63) is 86.3 Å². The maximum atomic E-state index is 12.9. The molecule has 1 aliphatic heterocycles. The molecule has 0 unspecified atom stereocenters. The van der Waals surface area contributed by atoms with Crippen LogP contribution in [0.3, 0.4) is 0 Å². The third-order valence-electron chi connectivity index (χ3n) is 5.28. The van der Waals surface area contributed by atoms with Crippen LogP contribution in [0, 0.1) is 3.57 Å². The Morgan fingerprint density at radius 2 is 1.71 bits per heavy atom. The Morgan fingerprint density at radius 3 is 2.34 bits per heavy atom. The van der Waals surface area contributed by atoms with Crippen molar-refractivity contribution >= 4 is 73.3 Å². The maximum Gasteiger partial charge on any atom is 0.339 e. The van der Waals surface area contributed by atoms with E-state index in [1.165, 1.54) is 56.5 Å². The first-order valence-corrected chi connectivity index (χ1v) is 14.4. The van der Waals surface area contributed by atoms with Crippen LogP contribution in [0.15, 0.2) is 76.5 Å². The molecule has 1 saturated heterocycles. The Balaban J connectivity index is 1.56. The van der Waals surface area contributed by atoms with Gasteiger partial charge in [-0.2, -0.15) is 8.42 Å². The van der Waals surface area contributed by atoms with E-state index < -0.39 is 21.3 Å². The van der Waals surface area contributed by atoms with Crippen molar-refractivity contribution in [1.82, 2.24) is 4.90 Å². The number of amides is 3. The summed E-state index contributed by atoms with van der Waals surface area (Å²) >= 11 is 2.98. The van der Waals surface area contributed by atoms with Gasteiger partial charge in [-0.3, -0.25) is 19.3 Å². The highest BCUT2D eigenvalue weighted by Crippen LogP contribution is 2.36. The van der Waals surface area contributed by atoms with E-state index in [0.29, 0.717) is 11.3 Å². The molecule has 0 atom stereocenters. The number of benzene rings is 3. The third kappa shape index (κ3) is 6.55. The molecule has 3 aromatic rings. The molecule has 38 heavy (non-hydrogen) atoms. The Labute approximate surface area is 237 Å². The highest BCUT2D eigenvalue weighted by Gasteiger charge is 2.35. The highest BCUT2D eigenvalue weighted by atomic mass is 127.